The number of nitrogens with two attached hydrogens (primary N) is 1. The molecular formula is C25H25N3O9. The molecule has 37 heavy (non-hydrogen) atoms. The van der Waals surface area contributed by atoms with Crippen LogP contribution >= 0.6 is 0 Å². The van der Waals surface area contributed by atoms with E-state index in [2.05, 4.69) is 11.2 Å². The van der Waals surface area contributed by atoms with Crippen LogP contribution in [0.3, 0.4) is 0 Å². The SMILES string of the molecule is C#CCOC(=O)Nc1ccc2c(c1O)C(=O)C1C(=O)[C@]3(O)C(=O)C(C(N)=O)C(=O)[C@@H](N(C)C)[C@@H]3C[C@@H]1C2. The molecule has 2 saturated carbocycles. The van der Waals surface area contributed by atoms with Crippen LogP contribution in [0.15, 0.2) is 12.1 Å². The zero-order chi connectivity index (χ0) is 27.4. The molecule has 0 bridgehead atoms. The molecule has 0 spiro atoms. The lowest BCUT2D eigenvalue weighted by Gasteiger charge is -2.52. The van der Waals surface area contributed by atoms with E-state index in [9.17, 15) is 39.0 Å². The average molecular weight is 511 g/mol. The molecule has 2 fully saturated rings. The van der Waals surface area contributed by atoms with E-state index in [1.807, 2.05) is 0 Å². The van der Waals surface area contributed by atoms with E-state index in [1.165, 1.54) is 31.1 Å². The fourth-order valence-corrected chi connectivity index (χ4v) is 5.93. The van der Waals surface area contributed by atoms with Gasteiger partial charge in [-0.3, -0.25) is 34.2 Å². The Hall–Kier alpha value is -4.08. The van der Waals surface area contributed by atoms with Crippen molar-refractivity contribution in [3.8, 4) is 18.1 Å². The molecule has 0 aromatic heterocycles. The number of fused-ring (bicyclic) bond motifs is 3. The Balaban J connectivity index is 1.76. The number of primary amides is 1. The largest absolute Gasteiger partial charge is 0.505 e. The number of amides is 2. The number of carbonyl (C=O) groups excluding carboxylic acids is 6. The van der Waals surface area contributed by atoms with Crippen molar-refractivity contribution in [3.63, 3.8) is 0 Å². The first-order valence-electron chi connectivity index (χ1n) is 11.4. The van der Waals surface area contributed by atoms with E-state index in [0.717, 1.165) is 0 Å². The number of terminal acetylenes is 1. The van der Waals surface area contributed by atoms with Gasteiger partial charge < -0.3 is 20.7 Å². The summed E-state index contributed by atoms with van der Waals surface area (Å²) in [7, 11) is 3.02. The number of hydrogen-bond donors (Lipinski definition) is 4. The van der Waals surface area contributed by atoms with Crippen LogP contribution in [0, 0.1) is 36.0 Å². The molecule has 3 aliphatic carbocycles. The van der Waals surface area contributed by atoms with Crippen LogP contribution < -0.4 is 11.1 Å². The summed E-state index contributed by atoms with van der Waals surface area (Å²) in [5.74, 6) is -9.44. The number of phenols is 1. The van der Waals surface area contributed by atoms with E-state index < -0.39 is 76.2 Å². The number of ether oxygens (including phenoxy) is 1. The first-order chi connectivity index (χ1) is 17.4. The third-order valence-electron chi connectivity index (χ3n) is 7.46. The van der Waals surface area contributed by atoms with Gasteiger partial charge in [-0.25, -0.2) is 4.79 Å². The van der Waals surface area contributed by atoms with Crippen LogP contribution in [0.25, 0.3) is 0 Å². The number of likely N-dealkylation sites (N-methyl/N-ethyl adjacent to an activating group) is 1. The molecule has 1 aromatic rings. The van der Waals surface area contributed by atoms with Crippen molar-refractivity contribution < 1.29 is 43.7 Å². The Morgan fingerprint density at radius 2 is 1.92 bits per heavy atom. The molecule has 2 unspecified atom stereocenters. The van der Waals surface area contributed by atoms with Gasteiger partial charge in [0.05, 0.1) is 23.2 Å². The van der Waals surface area contributed by atoms with Crippen molar-refractivity contribution in [2.24, 2.45) is 29.4 Å². The lowest BCUT2D eigenvalue weighted by Crippen LogP contribution is -2.74. The van der Waals surface area contributed by atoms with Crippen molar-refractivity contribution in [3.05, 3.63) is 23.3 Å². The molecule has 12 heteroatoms. The summed E-state index contributed by atoms with van der Waals surface area (Å²) in [6.07, 6.45) is 4.12. The highest BCUT2D eigenvalue weighted by Crippen LogP contribution is 2.51. The summed E-state index contributed by atoms with van der Waals surface area (Å²) < 4.78 is 4.70. The molecule has 3 aliphatic rings. The van der Waals surface area contributed by atoms with Gasteiger partial charge in [-0.1, -0.05) is 12.0 Å². The van der Waals surface area contributed by atoms with Crippen LogP contribution in [0.4, 0.5) is 10.5 Å². The van der Waals surface area contributed by atoms with Crippen molar-refractivity contribution in [2.45, 2.75) is 24.5 Å². The Morgan fingerprint density at radius 1 is 1.24 bits per heavy atom. The van der Waals surface area contributed by atoms with Gasteiger partial charge in [0.15, 0.2) is 41.3 Å². The Labute approximate surface area is 211 Å². The van der Waals surface area contributed by atoms with Crippen LogP contribution in [0.1, 0.15) is 22.3 Å². The van der Waals surface area contributed by atoms with E-state index in [0.29, 0.717) is 5.56 Å². The lowest BCUT2D eigenvalue weighted by molar-refractivity contribution is -0.181. The maximum atomic E-state index is 13.7. The average Bonchev–Trinajstić information content (AvgIpc) is 2.81. The van der Waals surface area contributed by atoms with Crippen LogP contribution in [-0.2, 0) is 30.3 Å². The number of aliphatic hydroxyl groups is 1. The summed E-state index contributed by atoms with van der Waals surface area (Å²) in [5, 5.41) is 24.6. The molecule has 0 radical (unpaired) electrons. The van der Waals surface area contributed by atoms with E-state index in [1.54, 1.807) is 0 Å². The van der Waals surface area contributed by atoms with Gasteiger partial charge in [-0.2, -0.15) is 0 Å². The number of Topliss-reactive ketones (excluding diaryl/α,β-unsaturated/α-hetero) is 4. The molecule has 6 atom stereocenters. The molecule has 4 rings (SSSR count). The van der Waals surface area contributed by atoms with E-state index in [4.69, 9.17) is 16.9 Å². The van der Waals surface area contributed by atoms with Gasteiger partial charge in [0, 0.05) is 5.92 Å². The van der Waals surface area contributed by atoms with Crippen molar-refractivity contribution in [1.29, 1.82) is 0 Å². The van der Waals surface area contributed by atoms with Gasteiger partial charge in [-0.05, 0) is 44.5 Å². The Kier molecular flexibility index (Phi) is 6.39. The number of carbonyl (C=O) groups is 6. The second kappa shape index (κ2) is 9.10. The lowest BCUT2D eigenvalue weighted by atomic mass is 9.52. The molecule has 1 aromatic carbocycles. The number of ketones is 4. The third-order valence-corrected chi connectivity index (χ3v) is 7.46. The summed E-state index contributed by atoms with van der Waals surface area (Å²) in [4.78, 5) is 78.8. The molecule has 194 valence electrons. The van der Waals surface area contributed by atoms with Crippen molar-refractivity contribution in [2.75, 3.05) is 26.0 Å². The second-order valence-electron chi connectivity index (χ2n) is 9.69. The number of anilines is 1. The quantitative estimate of drug-likeness (QED) is 0.222. The maximum absolute atomic E-state index is 13.7. The maximum Gasteiger partial charge on any atom is 0.412 e. The van der Waals surface area contributed by atoms with Gasteiger partial charge in [-0.15, -0.1) is 6.42 Å². The number of nitrogens with one attached hydrogen (secondary N) is 1. The zero-order valence-corrected chi connectivity index (χ0v) is 20.0. The first-order valence-corrected chi connectivity index (χ1v) is 11.4. The van der Waals surface area contributed by atoms with Crippen molar-refractivity contribution in [1.82, 2.24) is 4.90 Å². The van der Waals surface area contributed by atoms with Crippen LogP contribution in [0.5, 0.6) is 5.75 Å². The normalized spacial score (nSPS) is 30.6. The number of rotatable bonds is 4. The molecule has 0 saturated heterocycles. The van der Waals surface area contributed by atoms with Gasteiger partial charge >= 0.3 is 6.09 Å². The third kappa shape index (κ3) is 3.78. The highest BCUT2D eigenvalue weighted by Gasteiger charge is 2.69. The molecular weight excluding hydrogens is 486 g/mol. The van der Waals surface area contributed by atoms with E-state index >= 15 is 0 Å². The van der Waals surface area contributed by atoms with E-state index in [-0.39, 0.29) is 30.7 Å². The first kappa shape index (κ1) is 26.0. The predicted octanol–water partition coefficient (Wildman–Crippen LogP) is -0.951. The summed E-state index contributed by atoms with van der Waals surface area (Å²) in [5.41, 5.74) is 2.45. The monoisotopic (exact) mass is 511 g/mol. The number of hydrogen-bond acceptors (Lipinski definition) is 10. The molecule has 5 N–H and O–H groups in total. The highest BCUT2D eigenvalue weighted by atomic mass is 16.5. The number of nitrogens with zero attached hydrogens (tertiary/aromatic N) is 1. The Morgan fingerprint density at radius 3 is 2.51 bits per heavy atom. The predicted molar refractivity (Wildman–Crippen MR) is 125 cm³/mol. The standard InChI is InChI=1S/C25H25N3O9/c1-4-7-37-24(35)27-13-6-5-10-8-11-9-12-17(28(2)3)20(31)16(23(26)34)22(33)25(12,36)21(32)15(11)19(30)14(10)18(13)29/h1,5-6,11-12,15-17,29,36H,7-9H2,2-3H3,(H2,26,34)(H,27,35)/t11-,12-,15?,16?,17-,25-/m0/s1. The van der Waals surface area contributed by atoms with Crippen LogP contribution in [-0.4, -0.2) is 82.6 Å². The molecule has 2 amide bonds. The van der Waals surface area contributed by atoms with Gasteiger partial charge in [0.25, 0.3) is 0 Å². The smallest absolute Gasteiger partial charge is 0.412 e. The Bertz CT molecular complexity index is 1300. The minimum Gasteiger partial charge on any atom is -0.505 e. The number of benzene rings is 1. The fourth-order valence-electron chi connectivity index (χ4n) is 5.93. The summed E-state index contributed by atoms with van der Waals surface area (Å²) >= 11 is 0. The second-order valence-corrected chi connectivity index (χ2v) is 9.69. The summed E-state index contributed by atoms with van der Waals surface area (Å²) in [6.45, 7) is -0.328. The topological polar surface area (TPSA) is 193 Å². The highest BCUT2D eigenvalue weighted by molar-refractivity contribution is 6.32. The van der Waals surface area contributed by atoms with Gasteiger partial charge in [0.2, 0.25) is 5.91 Å². The minimum absolute atomic E-state index is 0.0525. The fraction of sp³-hybridized carbons (Fsp3) is 0.440. The summed E-state index contributed by atoms with van der Waals surface area (Å²) in [6, 6.07) is 1.68. The van der Waals surface area contributed by atoms with Crippen LogP contribution in [0.2, 0.25) is 0 Å². The molecule has 0 aliphatic heterocycles. The zero-order valence-electron chi connectivity index (χ0n) is 20.0. The molecule has 12 nitrogen and oxygen atoms in total. The molecule has 0 heterocycles. The minimum atomic E-state index is -2.80. The van der Waals surface area contributed by atoms with Gasteiger partial charge in [0.1, 0.15) is 5.75 Å². The number of aromatic hydroxyl groups is 1. The number of phenolic OH excluding ortho intramolecular Hbond substituents is 1. The van der Waals surface area contributed by atoms with Crippen molar-refractivity contribution >= 4 is 40.8 Å².